The predicted molar refractivity (Wildman–Crippen MR) is 74.8 cm³/mol. The van der Waals surface area contributed by atoms with E-state index in [9.17, 15) is 10.1 Å². The maximum Gasteiger partial charge on any atom is 0.228 e. The predicted octanol–water partition coefficient (Wildman–Crippen LogP) is 1.91. The Labute approximate surface area is 114 Å². The Kier molecular flexibility index (Phi) is 3.87. The molecule has 1 aliphatic rings. The van der Waals surface area contributed by atoms with Crippen LogP contribution in [-0.2, 0) is 4.79 Å². The van der Waals surface area contributed by atoms with Crippen LogP contribution in [0.2, 0.25) is 0 Å². The molecule has 19 heavy (non-hydrogen) atoms. The van der Waals surface area contributed by atoms with Crippen molar-refractivity contribution in [3.05, 3.63) is 29.8 Å². The Hall–Kier alpha value is -1.86. The fraction of sp³-hybridized carbons (Fsp3) is 0.467. The Morgan fingerprint density at radius 3 is 2.84 bits per heavy atom. The van der Waals surface area contributed by atoms with Crippen LogP contribution >= 0.6 is 0 Å². The number of carbonyl (C=O) groups is 1. The van der Waals surface area contributed by atoms with Crippen molar-refractivity contribution in [2.45, 2.75) is 20.3 Å². The lowest BCUT2D eigenvalue weighted by atomic mass is 9.91. The molecular formula is C15H19N3O. The third-order valence-corrected chi connectivity index (χ3v) is 3.32. The van der Waals surface area contributed by atoms with Gasteiger partial charge in [0, 0.05) is 26.1 Å². The highest BCUT2D eigenvalue weighted by Gasteiger charge is 2.28. The molecule has 100 valence electrons. The third kappa shape index (κ3) is 3.12. The lowest BCUT2D eigenvalue weighted by Crippen LogP contribution is -2.47. The molecule has 1 N–H and O–H groups in total. The van der Waals surface area contributed by atoms with Crippen LogP contribution in [0.3, 0.4) is 0 Å². The van der Waals surface area contributed by atoms with E-state index >= 15 is 0 Å². The number of benzene rings is 1. The van der Waals surface area contributed by atoms with Crippen molar-refractivity contribution in [3.8, 4) is 6.07 Å². The fourth-order valence-corrected chi connectivity index (χ4v) is 2.35. The second kappa shape index (κ2) is 5.41. The molecule has 0 unspecified atom stereocenters. The van der Waals surface area contributed by atoms with Crippen molar-refractivity contribution >= 4 is 11.6 Å². The van der Waals surface area contributed by atoms with Gasteiger partial charge in [-0.25, -0.2) is 0 Å². The third-order valence-electron chi connectivity index (χ3n) is 3.32. The Balaban J connectivity index is 2.38. The highest BCUT2D eigenvalue weighted by Crippen LogP contribution is 2.26. The highest BCUT2D eigenvalue weighted by molar-refractivity contribution is 5.95. The number of para-hydroxylation sites is 1. The molecule has 0 aromatic heterocycles. The molecular weight excluding hydrogens is 238 g/mol. The molecule has 1 fully saturated rings. The normalized spacial score (nSPS) is 19.4. The molecule has 1 aromatic carbocycles. The first-order valence-electron chi connectivity index (χ1n) is 6.54. The van der Waals surface area contributed by atoms with Gasteiger partial charge < -0.3 is 10.2 Å². The van der Waals surface area contributed by atoms with Gasteiger partial charge in [0.1, 0.15) is 6.07 Å². The molecule has 0 aliphatic carbocycles. The molecule has 1 aliphatic heterocycles. The van der Waals surface area contributed by atoms with Gasteiger partial charge in [-0.15, -0.1) is 0 Å². The van der Waals surface area contributed by atoms with Gasteiger partial charge in [0.2, 0.25) is 5.91 Å². The summed E-state index contributed by atoms with van der Waals surface area (Å²) in [6.45, 7) is 6.43. The maximum atomic E-state index is 12.3. The number of rotatable bonds is 1. The van der Waals surface area contributed by atoms with Crippen molar-refractivity contribution in [2.75, 3.05) is 24.5 Å². The summed E-state index contributed by atoms with van der Waals surface area (Å²) in [6, 6.07) is 9.46. The van der Waals surface area contributed by atoms with Crippen LogP contribution in [0, 0.1) is 16.7 Å². The molecule has 0 bridgehead atoms. The van der Waals surface area contributed by atoms with Gasteiger partial charge in [0.15, 0.2) is 0 Å². The summed E-state index contributed by atoms with van der Waals surface area (Å²) in [5, 5.41) is 12.5. The number of carbonyl (C=O) groups excluding carboxylic acids is 1. The van der Waals surface area contributed by atoms with Crippen LogP contribution in [0.1, 0.15) is 25.8 Å². The molecule has 4 heteroatoms. The van der Waals surface area contributed by atoms with Gasteiger partial charge >= 0.3 is 0 Å². The summed E-state index contributed by atoms with van der Waals surface area (Å²) >= 11 is 0. The summed E-state index contributed by atoms with van der Waals surface area (Å²) in [5.74, 6) is 0.0722. The number of amides is 1. The lowest BCUT2D eigenvalue weighted by molar-refractivity contribution is -0.119. The zero-order valence-corrected chi connectivity index (χ0v) is 11.4. The second-order valence-electron chi connectivity index (χ2n) is 5.70. The number of nitrogens with one attached hydrogen (secondary N) is 1. The molecule has 1 aromatic rings. The number of nitriles is 1. The smallest absolute Gasteiger partial charge is 0.228 e. The van der Waals surface area contributed by atoms with Crippen molar-refractivity contribution in [3.63, 3.8) is 0 Å². The van der Waals surface area contributed by atoms with Crippen molar-refractivity contribution in [1.29, 1.82) is 5.26 Å². The largest absolute Gasteiger partial charge is 0.316 e. The Bertz CT molecular complexity index is 516. The van der Waals surface area contributed by atoms with E-state index < -0.39 is 0 Å². The van der Waals surface area contributed by atoms with E-state index in [2.05, 4.69) is 25.2 Å². The van der Waals surface area contributed by atoms with E-state index in [4.69, 9.17) is 0 Å². The van der Waals surface area contributed by atoms with E-state index in [0.717, 1.165) is 12.2 Å². The van der Waals surface area contributed by atoms with Gasteiger partial charge in [0.25, 0.3) is 0 Å². The first kappa shape index (κ1) is 13.6. The fourth-order valence-electron chi connectivity index (χ4n) is 2.35. The molecule has 1 heterocycles. The highest BCUT2D eigenvalue weighted by atomic mass is 16.2. The van der Waals surface area contributed by atoms with Crippen molar-refractivity contribution in [2.24, 2.45) is 5.41 Å². The van der Waals surface area contributed by atoms with Gasteiger partial charge in [-0.3, -0.25) is 4.79 Å². The van der Waals surface area contributed by atoms with Crippen LogP contribution in [0.25, 0.3) is 0 Å². The van der Waals surface area contributed by atoms with Gasteiger partial charge in [-0.1, -0.05) is 26.0 Å². The zero-order chi connectivity index (χ0) is 13.9. The first-order valence-corrected chi connectivity index (χ1v) is 6.54. The minimum absolute atomic E-state index is 0.0152. The summed E-state index contributed by atoms with van der Waals surface area (Å²) in [6.07, 6.45) is 0.468. The van der Waals surface area contributed by atoms with E-state index in [1.54, 1.807) is 11.0 Å². The molecule has 0 atom stereocenters. The van der Waals surface area contributed by atoms with Crippen molar-refractivity contribution in [1.82, 2.24) is 5.32 Å². The average molecular weight is 257 g/mol. The minimum atomic E-state index is -0.0152. The number of nitrogens with zero attached hydrogens (tertiary/aromatic N) is 2. The van der Waals surface area contributed by atoms with Crippen LogP contribution < -0.4 is 10.2 Å². The number of hydrogen-bond acceptors (Lipinski definition) is 3. The van der Waals surface area contributed by atoms with Gasteiger partial charge in [-0.05, 0) is 17.5 Å². The second-order valence-corrected chi connectivity index (χ2v) is 5.70. The molecule has 0 saturated carbocycles. The van der Waals surface area contributed by atoms with Crippen molar-refractivity contribution < 1.29 is 4.79 Å². The van der Waals surface area contributed by atoms with Crippen LogP contribution in [0.15, 0.2) is 24.3 Å². The van der Waals surface area contributed by atoms with Gasteiger partial charge in [-0.2, -0.15) is 5.26 Å². The van der Waals surface area contributed by atoms with Crippen LogP contribution in [-0.4, -0.2) is 25.5 Å². The topological polar surface area (TPSA) is 56.1 Å². The molecule has 1 amide bonds. The molecule has 0 radical (unpaired) electrons. The quantitative estimate of drug-likeness (QED) is 0.836. The van der Waals surface area contributed by atoms with Crippen LogP contribution in [0.5, 0.6) is 0 Å². The summed E-state index contributed by atoms with van der Waals surface area (Å²) in [4.78, 5) is 14.1. The monoisotopic (exact) mass is 257 g/mol. The minimum Gasteiger partial charge on any atom is -0.316 e. The SMILES string of the molecule is CC1(C)CNCCC(=O)N(c2ccccc2C#N)C1. The molecule has 1 saturated heterocycles. The van der Waals surface area contributed by atoms with E-state index in [-0.39, 0.29) is 11.3 Å². The molecule has 4 nitrogen and oxygen atoms in total. The zero-order valence-electron chi connectivity index (χ0n) is 11.4. The maximum absolute atomic E-state index is 12.3. The molecule has 2 rings (SSSR count). The molecule has 0 spiro atoms. The number of anilines is 1. The summed E-state index contributed by atoms with van der Waals surface area (Å²) in [7, 11) is 0. The summed E-state index contributed by atoms with van der Waals surface area (Å²) < 4.78 is 0. The standard InChI is InChI=1S/C15H19N3O/c1-15(2)10-17-8-7-14(19)18(11-15)13-6-4-3-5-12(13)9-16/h3-6,17H,7-8,10-11H2,1-2H3. The van der Waals surface area contributed by atoms with E-state index in [0.29, 0.717) is 25.1 Å². The van der Waals surface area contributed by atoms with Gasteiger partial charge in [0.05, 0.1) is 11.3 Å². The first-order chi connectivity index (χ1) is 9.03. The summed E-state index contributed by atoms with van der Waals surface area (Å²) in [5.41, 5.74) is 1.27. The van der Waals surface area contributed by atoms with Crippen LogP contribution in [0.4, 0.5) is 5.69 Å². The number of hydrogen-bond donors (Lipinski definition) is 1. The lowest BCUT2D eigenvalue weighted by Gasteiger charge is -2.35. The average Bonchev–Trinajstić information content (AvgIpc) is 2.39. The van der Waals surface area contributed by atoms with E-state index in [1.807, 2.05) is 18.2 Å². The Morgan fingerprint density at radius 2 is 2.11 bits per heavy atom. The van der Waals surface area contributed by atoms with E-state index in [1.165, 1.54) is 0 Å². The Morgan fingerprint density at radius 1 is 1.37 bits per heavy atom.